The molecule has 0 unspecified atom stereocenters. The predicted molar refractivity (Wildman–Crippen MR) is 63.6 cm³/mol. The number of carboxylic acids is 2. The number of carbonyl (C=O) groups excluding carboxylic acids is 1. The fourth-order valence-corrected chi connectivity index (χ4v) is 1.62. The third-order valence-electron chi connectivity index (χ3n) is 2.48. The number of ketones is 1. The first-order valence-electron chi connectivity index (χ1n) is 5.55. The minimum absolute atomic E-state index is 0.0299. The molecule has 96 valence electrons. The van der Waals surface area contributed by atoms with Gasteiger partial charge >= 0.3 is 11.9 Å². The van der Waals surface area contributed by atoms with Crippen LogP contribution in [0.25, 0.3) is 0 Å². The molecule has 1 aromatic carbocycles. The molecule has 0 radical (unpaired) electrons. The maximum atomic E-state index is 11.6. The van der Waals surface area contributed by atoms with Crippen LogP contribution >= 0.6 is 0 Å². The topological polar surface area (TPSA) is 91.7 Å². The highest BCUT2D eigenvalue weighted by Gasteiger charge is 2.12. The molecule has 0 aliphatic carbocycles. The van der Waals surface area contributed by atoms with Crippen molar-refractivity contribution in [1.29, 1.82) is 0 Å². The Bertz CT molecular complexity index is 464. The van der Waals surface area contributed by atoms with Crippen molar-refractivity contribution in [2.75, 3.05) is 0 Å². The maximum absolute atomic E-state index is 11.6. The van der Waals surface area contributed by atoms with Gasteiger partial charge in [0.2, 0.25) is 0 Å². The summed E-state index contributed by atoms with van der Waals surface area (Å²) in [4.78, 5) is 32.8. The largest absolute Gasteiger partial charge is 0.481 e. The van der Waals surface area contributed by atoms with Gasteiger partial charge in [-0.05, 0) is 18.1 Å². The smallest absolute Gasteiger partial charge is 0.335 e. The number of carboxylic acid groups (broad SMARTS) is 2. The zero-order chi connectivity index (χ0) is 13.5. The molecule has 0 aliphatic rings. The Labute approximate surface area is 104 Å². The molecule has 5 heteroatoms. The van der Waals surface area contributed by atoms with E-state index in [0.717, 1.165) is 0 Å². The van der Waals surface area contributed by atoms with Gasteiger partial charge in [-0.2, -0.15) is 0 Å². The summed E-state index contributed by atoms with van der Waals surface area (Å²) in [7, 11) is 0. The fourth-order valence-electron chi connectivity index (χ4n) is 1.62. The van der Waals surface area contributed by atoms with Crippen LogP contribution in [-0.4, -0.2) is 27.9 Å². The monoisotopic (exact) mass is 250 g/mol. The number of benzene rings is 1. The van der Waals surface area contributed by atoms with Gasteiger partial charge in [-0.25, -0.2) is 4.79 Å². The number of hydrogen-bond acceptors (Lipinski definition) is 3. The normalized spacial score (nSPS) is 10.0. The fraction of sp³-hybridized carbons (Fsp3) is 0.308. The summed E-state index contributed by atoms with van der Waals surface area (Å²) in [5.74, 6) is -2.15. The first kappa shape index (κ1) is 13.9. The van der Waals surface area contributed by atoms with E-state index in [4.69, 9.17) is 10.2 Å². The van der Waals surface area contributed by atoms with E-state index in [-0.39, 0.29) is 37.0 Å². The van der Waals surface area contributed by atoms with Gasteiger partial charge < -0.3 is 10.2 Å². The average molecular weight is 250 g/mol. The molecule has 1 rings (SSSR count). The summed E-state index contributed by atoms with van der Waals surface area (Å²) in [5.41, 5.74) is 0.578. The number of carbonyl (C=O) groups is 3. The van der Waals surface area contributed by atoms with E-state index in [2.05, 4.69) is 0 Å². The molecule has 18 heavy (non-hydrogen) atoms. The molecular formula is C13H14O5. The molecule has 0 atom stereocenters. The highest BCUT2D eigenvalue weighted by atomic mass is 16.4. The number of Topliss-reactive ketones (excluding diaryl/α,β-unsaturated/α-hetero) is 1. The van der Waals surface area contributed by atoms with Gasteiger partial charge in [0.05, 0.1) is 5.56 Å². The molecule has 5 nitrogen and oxygen atoms in total. The van der Waals surface area contributed by atoms with Crippen molar-refractivity contribution in [2.45, 2.75) is 25.7 Å². The SMILES string of the molecule is O=C(O)CCCC(=O)Cc1ccccc1C(=O)O. The van der Waals surface area contributed by atoms with Gasteiger partial charge in [-0.1, -0.05) is 18.2 Å². The van der Waals surface area contributed by atoms with E-state index in [1.165, 1.54) is 6.07 Å². The van der Waals surface area contributed by atoms with Crippen LogP contribution in [0.15, 0.2) is 24.3 Å². The average Bonchev–Trinajstić information content (AvgIpc) is 2.28. The molecule has 1 aromatic rings. The molecule has 0 heterocycles. The lowest BCUT2D eigenvalue weighted by atomic mass is 10.00. The minimum atomic E-state index is -1.07. The molecule has 2 N–H and O–H groups in total. The van der Waals surface area contributed by atoms with Crippen LogP contribution < -0.4 is 0 Å². The maximum Gasteiger partial charge on any atom is 0.335 e. The van der Waals surface area contributed by atoms with E-state index in [1.54, 1.807) is 18.2 Å². The Morgan fingerprint density at radius 2 is 1.67 bits per heavy atom. The van der Waals surface area contributed by atoms with Crippen molar-refractivity contribution in [3.63, 3.8) is 0 Å². The quantitative estimate of drug-likeness (QED) is 0.769. The van der Waals surface area contributed by atoms with Crippen molar-refractivity contribution in [1.82, 2.24) is 0 Å². The molecule has 0 amide bonds. The van der Waals surface area contributed by atoms with Crippen LogP contribution in [0.1, 0.15) is 35.2 Å². The zero-order valence-electron chi connectivity index (χ0n) is 9.76. The molecule has 0 bridgehead atoms. The summed E-state index contributed by atoms with van der Waals surface area (Å²) in [6.45, 7) is 0. The van der Waals surface area contributed by atoms with Gasteiger partial charge in [0.1, 0.15) is 5.78 Å². The molecule has 0 fully saturated rings. The Balaban J connectivity index is 2.59. The van der Waals surface area contributed by atoms with Crippen LogP contribution in [-0.2, 0) is 16.0 Å². The first-order valence-corrected chi connectivity index (χ1v) is 5.55. The number of aromatic carboxylic acids is 1. The van der Waals surface area contributed by atoms with Crippen LogP contribution in [0.4, 0.5) is 0 Å². The van der Waals surface area contributed by atoms with E-state index in [0.29, 0.717) is 5.56 Å². The third-order valence-corrected chi connectivity index (χ3v) is 2.48. The van der Waals surface area contributed by atoms with Crippen LogP contribution in [0.3, 0.4) is 0 Å². The summed E-state index contributed by atoms with van der Waals surface area (Å²) in [6, 6.07) is 6.31. The Kier molecular flexibility index (Phi) is 5.05. The van der Waals surface area contributed by atoms with Crippen molar-refractivity contribution in [2.24, 2.45) is 0 Å². The van der Waals surface area contributed by atoms with E-state index >= 15 is 0 Å². The predicted octanol–water partition coefficient (Wildman–Crippen LogP) is 1.75. The Hall–Kier alpha value is -2.17. The molecule has 0 spiro atoms. The minimum Gasteiger partial charge on any atom is -0.481 e. The molecule has 0 saturated carbocycles. The standard InChI is InChI=1S/C13H14O5/c14-10(5-3-7-12(15)16)8-9-4-1-2-6-11(9)13(17)18/h1-2,4,6H,3,5,7-8H2,(H,15,16)(H,17,18). The molecule has 0 aromatic heterocycles. The number of hydrogen-bond donors (Lipinski definition) is 2. The molecule has 0 saturated heterocycles. The first-order chi connectivity index (χ1) is 8.50. The summed E-state index contributed by atoms with van der Waals surface area (Å²) in [6.07, 6.45) is 0.415. The molecule has 0 aliphatic heterocycles. The summed E-state index contributed by atoms with van der Waals surface area (Å²) < 4.78 is 0. The number of aliphatic carboxylic acids is 1. The summed E-state index contributed by atoms with van der Waals surface area (Å²) in [5, 5.41) is 17.4. The summed E-state index contributed by atoms with van der Waals surface area (Å²) >= 11 is 0. The second kappa shape index (κ2) is 6.54. The van der Waals surface area contributed by atoms with Gasteiger partial charge in [0, 0.05) is 19.3 Å². The van der Waals surface area contributed by atoms with Crippen LogP contribution in [0.5, 0.6) is 0 Å². The van der Waals surface area contributed by atoms with E-state index in [9.17, 15) is 14.4 Å². The zero-order valence-corrected chi connectivity index (χ0v) is 9.76. The second-order valence-electron chi connectivity index (χ2n) is 3.93. The van der Waals surface area contributed by atoms with E-state index < -0.39 is 11.9 Å². The number of rotatable bonds is 7. The Morgan fingerprint density at radius 3 is 2.28 bits per heavy atom. The lowest BCUT2D eigenvalue weighted by Crippen LogP contribution is -2.09. The Morgan fingerprint density at radius 1 is 1.00 bits per heavy atom. The van der Waals surface area contributed by atoms with Gasteiger partial charge in [0.25, 0.3) is 0 Å². The highest BCUT2D eigenvalue weighted by molar-refractivity contribution is 5.92. The van der Waals surface area contributed by atoms with Gasteiger partial charge in [-0.3, -0.25) is 9.59 Å². The van der Waals surface area contributed by atoms with Gasteiger partial charge in [-0.15, -0.1) is 0 Å². The second-order valence-corrected chi connectivity index (χ2v) is 3.93. The lowest BCUT2D eigenvalue weighted by molar-refractivity contribution is -0.137. The van der Waals surface area contributed by atoms with Gasteiger partial charge in [0.15, 0.2) is 0 Å². The van der Waals surface area contributed by atoms with Crippen molar-refractivity contribution >= 4 is 17.7 Å². The van der Waals surface area contributed by atoms with Crippen molar-refractivity contribution in [3.05, 3.63) is 35.4 Å². The van der Waals surface area contributed by atoms with Crippen molar-refractivity contribution in [3.8, 4) is 0 Å². The molecular weight excluding hydrogens is 236 g/mol. The van der Waals surface area contributed by atoms with Crippen LogP contribution in [0.2, 0.25) is 0 Å². The van der Waals surface area contributed by atoms with Crippen molar-refractivity contribution < 1.29 is 24.6 Å². The lowest BCUT2D eigenvalue weighted by Gasteiger charge is -2.04. The third kappa shape index (κ3) is 4.37. The van der Waals surface area contributed by atoms with Crippen LogP contribution in [0, 0.1) is 0 Å². The highest BCUT2D eigenvalue weighted by Crippen LogP contribution is 2.11. The van der Waals surface area contributed by atoms with E-state index in [1.807, 2.05) is 0 Å².